The second-order valence-corrected chi connectivity index (χ2v) is 4.09. The van der Waals surface area contributed by atoms with E-state index in [0.29, 0.717) is 0 Å². The van der Waals surface area contributed by atoms with Gasteiger partial charge in [-0.15, -0.1) is 0 Å². The third kappa shape index (κ3) is 4.18. The highest BCUT2D eigenvalue weighted by molar-refractivity contribution is 5.78. The third-order valence-electron chi connectivity index (χ3n) is 2.76. The SMILES string of the molecule is CC(OCC(=O)N1CCCCCC1)C(=O)O. The zero-order chi connectivity index (χ0) is 12.0. The van der Waals surface area contributed by atoms with Crippen LogP contribution < -0.4 is 0 Å². The lowest BCUT2D eigenvalue weighted by Gasteiger charge is -2.20. The van der Waals surface area contributed by atoms with Gasteiger partial charge in [0, 0.05) is 13.1 Å². The van der Waals surface area contributed by atoms with E-state index in [1.54, 1.807) is 4.90 Å². The maximum absolute atomic E-state index is 11.7. The molecule has 1 aliphatic heterocycles. The predicted molar refractivity (Wildman–Crippen MR) is 58.1 cm³/mol. The zero-order valence-corrected chi connectivity index (χ0v) is 9.65. The highest BCUT2D eigenvalue weighted by Crippen LogP contribution is 2.09. The number of carbonyl (C=O) groups is 2. The van der Waals surface area contributed by atoms with Gasteiger partial charge in [-0.05, 0) is 19.8 Å². The van der Waals surface area contributed by atoms with Crippen LogP contribution in [0.3, 0.4) is 0 Å². The van der Waals surface area contributed by atoms with Gasteiger partial charge in [0.2, 0.25) is 5.91 Å². The summed E-state index contributed by atoms with van der Waals surface area (Å²) in [6, 6.07) is 0. The molecule has 0 saturated carbocycles. The lowest BCUT2D eigenvalue weighted by atomic mass is 10.2. The number of rotatable bonds is 4. The van der Waals surface area contributed by atoms with Crippen LogP contribution in [0, 0.1) is 0 Å². The fourth-order valence-electron chi connectivity index (χ4n) is 1.68. The minimum atomic E-state index is -1.04. The Hall–Kier alpha value is -1.10. The van der Waals surface area contributed by atoms with E-state index in [-0.39, 0.29) is 12.5 Å². The first-order valence-electron chi connectivity index (χ1n) is 5.73. The van der Waals surface area contributed by atoms with Gasteiger partial charge in [-0.25, -0.2) is 4.79 Å². The molecule has 0 aromatic heterocycles. The van der Waals surface area contributed by atoms with E-state index in [4.69, 9.17) is 9.84 Å². The minimum Gasteiger partial charge on any atom is -0.479 e. The van der Waals surface area contributed by atoms with E-state index in [2.05, 4.69) is 0 Å². The molecule has 0 aliphatic carbocycles. The average molecular weight is 229 g/mol. The first-order chi connectivity index (χ1) is 7.61. The summed E-state index contributed by atoms with van der Waals surface area (Å²) in [7, 11) is 0. The van der Waals surface area contributed by atoms with Crippen molar-refractivity contribution in [1.82, 2.24) is 4.90 Å². The van der Waals surface area contributed by atoms with E-state index < -0.39 is 12.1 Å². The lowest BCUT2D eigenvalue weighted by Crippen LogP contribution is -2.36. The summed E-state index contributed by atoms with van der Waals surface area (Å²) in [4.78, 5) is 23.9. The maximum atomic E-state index is 11.7. The molecule has 1 rings (SSSR count). The number of hydrogen-bond donors (Lipinski definition) is 1. The van der Waals surface area contributed by atoms with E-state index >= 15 is 0 Å². The fraction of sp³-hybridized carbons (Fsp3) is 0.818. The molecular weight excluding hydrogens is 210 g/mol. The molecule has 1 saturated heterocycles. The molecule has 5 heteroatoms. The summed E-state index contributed by atoms with van der Waals surface area (Å²) in [5.41, 5.74) is 0. The molecule has 1 heterocycles. The number of amides is 1. The monoisotopic (exact) mass is 229 g/mol. The lowest BCUT2D eigenvalue weighted by molar-refractivity contribution is -0.152. The van der Waals surface area contributed by atoms with Crippen LogP contribution in [0.5, 0.6) is 0 Å². The van der Waals surface area contributed by atoms with Crippen molar-refractivity contribution in [3.8, 4) is 0 Å². The molecular formula is C11H19NO4. The summed E-state index contributed by atoms with van der Waals surface area (Å²) < 4.78 is 4.97. The normalized spacial score (nSPS) is 18.9. The standard InChI is InChI=1S/C11H19NO4/c1-9(11(14)15)16-8-10(13)12-6-4-2-3-5-7-12/h9H,2-8H2,1H3,(H,14,15). The van der Waals surface area contributed by atoms with Gasteiger partial charge in [0.05, 0.1) is 0 Å². The maximum Gasteiger partial charge on any atom is 0.332 e. The Bertz CT molecular complexity index is 246. The van der Waals surface area contributed by atoms with Gasteiger partial charge in [0.25, 0.3) is 0 Å². The van der Waals surface area contributed by atoms with Gasteiger partial charge in [0.1, 0.15) is 6.61 Å². The molecule has 1 fully saturated rings. The van der Waals surface area contributed by atoms with Gasteiger partial charge in [-0.3, -0.25) is 4.79 Å². The Balaban J connectivity index is 2.30. The van der Waals surface area contributed by atoms with Crippen molar-refractivity contribution in [2.75, 3.05) is 19.7 Å². The van der Waals surface area contributed by atoms with Gasteiger partial charge >= 0.3 is 5.97 Å². The van der Waals surface area contributed by atoms with E-state index in [1.807, 2.05) is 0 Å². The molecule has 16 heavy (non-hydrogen) atoms. The number of likely N-dealkylation sites (tertiary alicyclic amines) is 1. The van der Waals surface area contributed by atoms with E-state index in [0.717, 1.165) is 38.8 Å². The molecule has 5 nitrogen and oxygen atoms in total. The predicted octanol–water partition coefficient (Wildman–Crippen LogP) is 0.879. The molecule has 0 aromatic rings. The van der Waals surface area contributed by atoms with Crippen molar-refractivity contribution in [1.29, 1.82) is 0 Å². The summed E-state index contributed by atoms with van der Waals surface area (Å²) in [5.74, 6) is -1.14. The largest absolute Gasteiger partial charge is 0.479 e. The first kappa shape index (κ1) is 13.0. The van der Waals surface area contributed by atoms with Gasteiger partial charge in [-0.2, -0.15) is 0 Å². The highest BCUT2D eigenvalue weighted by atomic mass is 16.5. The Kier molecular flexibility index (Phi) is 5.25. The first-order valence-corrected chi connectivity index (χ1v) is 5.73. The van der Waals surface area contributed by atoms with Crippen LogP contribution in [0.1, 0.15) is 32.6 Å². The Labute approximate surface area is 95.4 Å². The number of ether oxygens (including phenoxy) is 1. The van der Waals surface area contributed by atoms with Crippen LogP contribution in [-0.2, 0) is 14.3 Å². The number of nitrogens with zero attached hydrogens (tertiary/aromatic N) is 1. The van der Waals surface area contributed by atoms with Crippen molar-refractivity contribution in [3.05, 3.63) is 0 Å². The molecule has 0 radical (unpaired) electrons. The number of carboxylic acid groups (broad SMARTS) is 1. The summed E-state index contributed by atoms with van der Waals surface area (Å²) in [6.45, 7) is 2.83. The van der Waals surface area contributed by atoms with Gasteiger partial charge < -0.3 is 14.7 Å². The van der Waals surface area contributed by atoms with Crippen molar-refractivity contribution in [2.45, 2.75) is 38.7 Å². The molecule has 1 amide bonds. The minimum absolute atomic E-state index is 0.102. The van der Waals surface area contributed by atoms with Crippen molar-refractivity contribution >= 4 is 11.9 Å². The number of carboxylic acids is 1. The fourth-order valence-corrected chi connectivity index (χ4v) is 1.68. The third-order valence-corrected chi connectivity index (χ3v) is 2.76. The Morgan fingerprint density at radius 1 is 1.25 bits per heavy atom. The molecule has 92 valence electrons. The van der Waals surface area contributed by atoms with Crippen LogP contribution in [0.15, 0.2) is 0 Å². The summed E-state index contributed by atoms with van der Waals surface area (Å²) >= 11 is 0. The second-order valence-electron chi connectivity index (χ2n) is 4.09. The van der Waals surface area contributed by atoms with Crippen molar-refractivity contribution < 1.29 is 19.4 Å². The number of carbonyl (C=O) groups excluding carboxylic acids is 1. The van der Waals surface area contributed by atoms with Crippen molar-refractivity contribution in [3.63, 3.8) is 0 Å². The molecule has 1 unspecified atom stereocenters. The molecule has 0 spiro atoms. The van der Waals surface area contributed by atoms with Gasteiger partial charge in [-0.1, -0.05) is 12.8 Å². The summed E-state index contributed by atoms with van der Waals surface area (Å²) in [5, 5.41) is 8.60. The average Bonchev–Trinajstić information content (AvgIpc) is 2.53. The zero-order valence-electron chi connectivity index (χ0n) is 9.65. The Morgan fingerprint density at radius 3 is 2.31 bits per heavy atom. The smallest absolute Gasteiger partial charge is 0.332 e. The molecule has 1 aliphatic rings. The molecule has 1 atom stereocenters. The molecule has 0 bridgehead atoms. The van der Waals surface area contributed by atoms with Crippen LogP contribution in [-0.4, -0.2) is 47.7 Å². The van der Waals surface area contributed by atoms with Crippen LogP contribution in [0.25, 0.3) is 0 Å². The van der Waals surface area contributed by atoms with Crippen molar-refractivity contribution in [2.24, 2.45) is 0 Å². The topological polar surface area (TPSA) is 66.8 Å². The highest BCUT2D eigenvalue weighted by Gasteiger charge is 2.18. The number of aliphatic carboxylic acids is 1. The molecule has 0 aromatic carbocycles. The van der Waals surface area contributed by atoms with E-state index in [1.165, 1.54) is 6.92 Å². The quantitative estimate of drug-likeness (QED) is 0.777. The second kappa shape index (κ2) is 6.48. The number of hydrogen-bond acceptors (Lipinski definition) is 3. The van der Waals surface area contributed by atoms with Crippen LogP contribution >= 0.6 is 0 Å². The van der Waals surface area contributed by atoms with Crippen LogP contribution in [0.2, 0.25) is 0 Å². The van der Waals surface area contributed by atoms with Crippen LogP contribution in [0.4, 0.5) is 0 Å². The molecule has 1 N–H and O–H groups in total. The summed E-state index contributed by atoms with van der Waals surface area (Å²) in [6.07, 6.45) is 3.46. The van der Waals surface area contributed by atoms with E-state index in [9.17, 15) is 9.59 Å². The van der Waals surface area contributed by atoms with Gasteiger partial charge in [0.15, 0.2) is 6.10 Å². The Morgan fingerprint density at radius 2 is 1.81 bits per heavy atom.